The van der Waals surface area contributed by atoms with E-state index in [4.69, 9.17) is 19.9 Å². The number of hydrogen-bond donors (Lipinski definition) is 2. The predicted molar refractivity (Wildman–Crippen MR) is 116 cm³/mol. The van der Waals surface area contributed by atoms with Gasteiger partial charge in [0.15, 0.2) is 0 Å². The molecule has 0 aromatic heterocycles. The highest BCUT2D eigenvalue weighted by Crippen LogP contribution is 2.31. The molecule has 7 nitrogen and oxygen atoms in total. The summed E-state index contributed by atoms with van der Waals surface area (Å²) in [6, 6.07) is 17.0. The Morgan fingerprint density at radius 2 is 1.70 bits per heavy atom. The molecule has 0 aliphatic heterocycles. The Hall–Kier alpha value is -3.23. The topological polar surface area (TPSA) is 99.9 Å². The Morgan fingerprint density at radius 3 is 2.40 bits per heavy atom. The third kappa shape index (κ3) is 5.03. The maximum absolute atomic E-state index is 13.0. The molecule has 0 radical (unpaired) electrons. The van der Waals surface area contributed by atoms with Gasteiger partial charge in [-0.3, -0.25) is 0 Å². The molecule has 0 bridgehead atoms. The van der Waals surface area contributed by atoms with E-state index in [1.165, 1.54) is 13.2 Å². The van der Waals surface area contributed by atoms with Crippen LogP contribution >= 0.6 is 0 Å². The Labute approximate surface area is 176 Å². The number of methoxy groups -OCH3 is 2. The van der Waals surface area contributed by atoms with Crippen LogP contribution in [0.25, 0.3) is 0 Å². The summed E-state index contributed by atoms with van der Waals surface area (Å²) in [6.07, 6.45) is 0. The maximum atomic E-state index is 13.0. The molecule has 3 N–H and O–H groups in total. The van der Waals surface area contributed by atoms with E-state index in [1.807, 2.05) is 25.1 Å². The van der Waals surface area contributed by atoms with Gasteiger partial charge in [-0.1, -0.05) is 18.2 Å². The van der Waals surface area contributed by atoms with Crippen LogP contribution in [0.1, 0.15) is 11.1 Å². The molecule has 0 atom stereocenters. The summed E-state index contributed by atoms with van der Waals surface area (Å²) in [7, 11) is -0.864. The molecule has 3 aromatic carbocycles. The summed E-state index contributed by atoms with van der Waals surface area (Å²) in [6.45, 7) is 1.95. The normalized spacial score (nSPS) is 11.2. The molecule has 0 aliphatic carbocycles. The van der Waals surface area contributed by atoms with Gasteiger partial charge in [-0.05, 0) is 48.9 Å². The SMILES string of the molecule is COc1ccc(CNS(=O)(=O)c2cc(N)ccc2Oc2cccc(C)c2)c(OC)c1. The van der Waals surface area contributed by atoms with Crippen LogP contribution in [-0.4, -0.2) is 22.6 Å². The van der Waals surface area contributed by atoms with E-state index >= 15 is 0 Å². The highest BCUT2D eigenvalue weighted by atomic mass is 32.2. The van der Waals surface area contributed by atoms with Crippen LogP contribution in [0.2, 0.25) is 0 Å². The van der Waals surface area contributed by atoms with Crippen molar-refractivity contribution in [2.45, 2.75) is 18.4 Å². The molecule has 0 fully saturated rings. The minimum Gasteiger partial charge on any atom is -0.497 e. The smallest absolute Gasteiger partial charge is 0.244 e. The second-order valence-corrected chi connectivity index (χ2v) is 8.36. The van der Waals surface area contributed by atoms with Crippen LogP contribution in [0.5, 0.6) is 23.0 Å². The largest absolute Gasteiger partial charge is 0.497 e. The number of nitrogens with one attached hydrogen (secondary N) is 1. The van der Waals surface area contributed by atoms with Gasteiger partial charge in [-0.2, -0.15) is 0 Å². The minimum atomic E-state index is -3.92. The monoisotopic (exact) mass is 428 g/mol. The van der Waals surface area contributed by atoms with Crippen molar-refractivity contribution in [3.05, 3.63) is 71.8 Å². The second-order valence-electron chi connectivity index (χ2n) is 6.63. The number of nitrogen functional groups attached to an aromatic ring is 1. The number of nitrogens with two attached hydrogens (primary N) is 1. The number of sulfonamides is 1. The zero-order valence-corrected chi connectivity index (χ0v) is 17.8. The van der Waals surface area contributed by atoms with E-state index in [1.54, 1.807) is 43.5 Å². The summed E-state index contributed by atoms with van der Waals surface area (Å²) < 4.78 is 45.0. The van der Waals surface area contributed by atoms with E-state index in [-0.39, 0.29) is 17.2 Å². The average molecular weight is 429 g/mol. The van der Waals surface area contributed by atoms with Crippen LogP contribution < -0.4 is 24.7 Å². The Bertz CT molecular complexity index is 1150. The van der Waals surface area contributed by atoms with Crippen molar-refractivity contribution in [1.82, 2.24) is 4.72 Å². The fourth-order valence-electron chi connectivity index (χ4n) is 2.87. The number of hydrogen-bond acceptors (Lipinski definition) is 6. The van der Waals surface area contributed by atoms with E-state index < -0.39 is 10.0 Å². The molecule has 0 saturated carbocycles. The lowest BCUT2D eigenvalue weighted by Crippen LogP contribution is -2.24. The number of ether oxygens (including phenoxy) is 3. The number of aryl methyl sites for hydroxylation is 1. The number of benzene rings is 3. The number of rotatable bonds is 8. The molecule has 30 heavy (non-hydrogen) atoms. The van der Waals surface area contributed by atoms with Crippen molar-refractivity contribution >= 4 is 15.7 Å². The predicted octanol–water partition coefficient (Wildman–Crippen LogP) is 3.87. The molecule has 158 valence electrons. The van der Waals surface area contributed by atoms with Crippen LogP contribution in [0.4, 0.5) is 5.69 Å². The van der Waals surface area contributed by atoms with Gasteiger partial charge in [0.1, 0.15) is 27.9 Å². The molecule has 0 aliphatic rings. The van der Waals surface area contributed by atoms with E-state index in [9.17, 15) is 8.42 Å². The molecule has 3 rings (SSSR count). The minimum absolute atomic E-state index is 0.0220. The molecule has 3 aromatic rings. The molecular weight excluding hydrogens is 404 g/mol. The van der Waals surface area contributed by atoms with Gasteiger partial charge in [-0.25, -0.2) is 13.1 Å². The third-order valence-electron chi connectivity index (χ3n) is 4.42. The zero-order valence-electron chi connectivity index (χ0n) is 17.0. The molecule has 0 spiro atoms. The highest BCUT2D eigenvalue weighted by molar-refractivity contribution is 7.89. The lowest BCUT2D eigenvalue weighted by molar-refractivity contribution is 0.390. The first-order valence-corrected chi connectivity index (χ1v) is 10.7. The Morgan fingerprint density at radius 1 is 0.900 bits per heavy atom. The molecule has 0 unspecified atom stereocenters. The van der Waals surface area contributed by atoms with Gasteiger partial charge in [-0.15, -0.1) is 0 Å². The summed E-state index contributed by atoms with van der Waals surface area (Å²) >= 11 is 0. The lowest BCUT2D eigenvalue weighted by atomic mass is 10.2. The molecule has 8 heteroatoms. The molecule has 0 heterocycles. The van der Waals surface area contributed by atoms with Crippen molar-refractivity contribution in [3.8, 4) is 23.0 Å². The summed E-state index contributed by atoms with van der Waals surface area (Å²) in [5.74, 6) is 1.85. The van der Waals surface area contributed by atoms with Crippen molar-refractivity contribution in [2.75, 3.05) is 20.0 Å². The first-order chi connectivity index (χ1) is 14.3. The van der Waals surface area contributed by atoms with Gasteiger partial charge in [0.2, 0.25) is 10.0 Å². The highest BCUT2D eigenvalue weighted by Gasteiger charge is 2.21. The van der Waals surface area contributed by atoms with Gasteiger partial charge < -0.3 is 19.9 Å². The quantitative estimate of drug-likeness (QED) is 0.529. The van der Waals surface area contributed by atoms with Crippen molar-refractivity contribution in [3.63, 3.8) is 0 Å². The lowest BCUT2D eigenvalue weighted by Gasteiger charge is -2.15. The van der Waals surface area contributed by atoms with Gasteiger partial charge >= 0.3 is 0 Å². The molecular formula is C22H24N2O5S. The Kier molecular flexibility index (Phi) is 6.49. The number of anilines is 1. The van der Waals surface area contributed by atoms with Crippen LogP contribution in [0.3, 0.4) is 0 Å². The fraction of sp³-hybridized carbons (Fsp3) is 0.182. The fourth-order valence-corrected chi connectivity index (χ4v) is 4.04. The van der Waals surface area contributed by atoms with Gasteiger partial charge in [0.05, 0.1) is 14.2 Å². The average Bonchev–Trinajstić information content (AvgIpc) is 2.73. The van der Waals surface area contributed by atoms with Crippen molar-refractivity contribution in [2.24, 2.45) is 0 Å². The first-order valence-electron chi connectivity index (χ1n) is 9.17. The van der Waals surface area contributed by atoms with Crippen LogP contribution in [0, 0.1) is 6.92 Å². The van der Waals surface area contributed by atoms with Gasteiger partial charge in [0.25, 0.3) is 0 Å². The van der Waals surface area contributed by atoms with Crippen molar-refractivity contribution < 1.29 is 22.6 Å². The third-order valence-corrected chi connectivity index (χ3v) is 5.84. The summed E-state index contributed by atoms with van der Waals surface area (Å²) in [5, 5.41) is 0. The van der Waals surface area contributed by atoms with Crippen molar-refractivity contribution in [1.29, 1.82) is 0 Å². The summed E-state index contributed by atoms with van der Waals surface area (Å²) in [5.41, 5.74) is 7.82. The van der Waals surface area contributed by atoms with E-state index in [0.717, 1.165) is 5.56 Å². The maximum Gasteiger partial charge on any atom is 0.244 e. The van der Waals surface area contributed by atoms with E-state index in [0.29, 0.717) is 28.5 Å². The Balaban J connectivity index is 1.88. The first kappa shape index (κ1) is 21.5. The van der Waals surface area contributed by atoms with E-state index in [2.05, 4.69) is 4.72 Å². The second kappa shape index (κ2) is 9.06. The zero-order chi connectivity index (χ0) is 21.7. The standard InChI is InChI=1S/C22H24N2O5S/c1-15-5-4-6-19(11-15)29-20-10-8-17(23)12-22(20)30(25,26)24-14-16-7-9-18(27-2)13-21(16)28-3/h4-13,24H,14,23H2,1-3H3. The van der Waals surface area contributed by atoms with Crippen LogP contribution in [0.15, 0.2) is 65.6 Å². The molecule has 0 amide bonds. The summed E-state index contributed by atoms with van der Waals surface area (Å²) in [4.78, 5) is -0.0449. The molecule has 0 saturated heterocycles. The van der Waals surface area contributed by atoms with Gasteiger partial charge in [0, 0.05) is 23.9 Å². The van der Waals surface area contributed by atoms with Crippen LogP contribution in [-0.2, 0) is 16.6 Å².